The molecular formula is C18H24BN2O8-. The average Bonchev–Trinajstić information content (AvgIpc) is 2.60. The van der Waals surface area contributed by atoms with E-state index in [1.165, 1.54) is 13.0 Å². The summed E-state index contributed by atoms with van der Waals surface area (Å²) in [6.45, 7) is -1.18. The fourth-order valence-electron chi connectivity index (χ4n) is 3.37. The van der Waals surface area contributed by atoms with Gasteiger partial charge in [0.25, 0.3) is 0 Å². The Morgan fingerprint density at radius 2 is 2.03 bits per heavy atom. The van der Waals surface area contributed by atoms with Gasteiger partial charge in [-0.3, -0.25) is 9.59 Å². The maximum atomic E-state index is 12.1. The number of ether oxygens (including phenoxy) is 1. The molecule has 1 amide bonds. The lowest BCUT2D eigenvalue weighted by Crippen LogP contribution is -2.56. The normalized spacial score (nSPS) is 18.8. The molecule has 0 bridgehead atoms. The van der Waals surface area contributed by atoms with Crippen LogP contribution in [0.1, 0.15) is 35.7 Å². The van der Waals surface area contributed by atoms with Crippen molar-refractivity contribution in [2.75, 3.05) is 13.1 Å². The molecular weight excluding hydrogens is 383 g/mol. The smallest absolute Gasteiger partial charge is 0.430 e. The van der Waals surface area contributed by atoms with Crippen LogP contribution in [-0.4, -0.2) is 69.7 Å². The number of rotatable bonds is 7. The van der Waals surface area contributed by atoms with Crippen molar-refractivity contribution in [1.29, 1.82) is 0 Å². The highest BCUT2D eigenvalue weighted by molar-refractivity contribution is 6.59. The van der Waals surface area contributed by atoms with Crippen LogP contribution in [0.3, 0.4) is 0 Å². The van der Waals surface area contributed by atoms with E-state index in [4.69, 9.17) is 15.1 Å². The third-order valence-corrected chi connectivity index (χ3v) is 5.20. The average molecular weight is 407 g/mol. The zero-order valence-electron chi connectivity index (χ0n) is 16.0. The number of carbonyl (C=O) groups is 3. The summed E-state index contributed by atoms with van der Waals surface area (Å²) in [6.07, 6.45) is 0.278. The molecule has 2 heterocycles. The molecule has 0 spiro atoms. The summed E-state index contributed by atoms with van der Waals surface area (Å²) in [5, 5.41) is 29.1. The Morgan fingerprint density at radius 3 is 2.66 bits per heavy atom. The number of nitrogens with two attached hydrogens (primary N) is 1. The molecule has 1 aromatic rings. The van der Waals surface area contributed by atoms with Crippen molar-refractivity contribution in [2.24, 2.45) is 5.73 Å². The van der Waals surface area contributed by atoms with E-state index < -0.39 is 24.9 Å². The number of aromatic carboxylic acids is 1. The molecule has 0 radical (unpaired) electrons. The van der Waals surface area contributed by atoms with Gasteiger partial charge in [-0.2, -0.15) is 0 Å². The fourth-order valence-corrected chi connectivity index (χ4v) is 3.37. The molecule has 0 saturated carbocycles. The van der Waals surface area contributed by atoms with Crippen molar-refractivity contribution in [3.05, 3.63) is 23.3 Å². The monoisotopic (exact) mass is 407 g/mol. The van der Waals surface area contributed by atoms with E-state index in [1.807, 2.05) is 0 Å². The number of hydrogen-bond acceptors (Lipinski definition) is 8. The number of hydrogen-bond donors (Lipinski definition) is 4. The van der Waals surface area contributed by atoms with Crippen molar-refractivity contribution >= 4 is 24.4 Å². The highest BCUT2D eigenvalue weighted by atomic mass is 16.6. The van der Waals surface area contributed by atoms with Crippen LogP contribution in [0.2, 0.25) is 6.32 Å². The van der Waals surface area contributed by atoms with Crippen molar-refractivity contribution in [3.8, 4) is 11.5 Å². The van der Waals surface area contributed by atoms with Gasteiger partial charge in [-0.1, -0.05) is 12.4 Å². The van der Waals surface area contributed by atoms with Gasteiger partial charge in [-0.25, -0.2) is 4.79 Å². The number of likely N-dealkylation sites (tertiary alicyclic amines) is 1. The molecule has 1 saturated heterocycles. The lowest BCUT2D eigenvalue weighted by Gasteiger charge is -2.40. The van der Waals surface area contributed by atoms with E-state index in [9.17, 15) is 29.5 Å². The molecule has 29 heavy (non-hydrogen) atoms. The molecule has 10 nitrogen and oxygen atoms in total. The Bertz CT molecular complexity index is 837. The van der Waals surface area contributed by atoms with E-state index >= 15 is 0 Å². The van der Waals surface area contributed by atoms with Crippen molar-refractivity contribution in [3.63, 3.8) is 0 Å². The van der Waals surface area contributed by atoms with Gasteiger partial charge in [0.1, 0.15) is 23.2 Å². The Labute approximate surface area is 167 Å². The number of aryl methyl sites for hydroxylation is 1. The molecule has 2 aliphatic rings. The summed E-state index contributed by atoms with van der Waals surface area (Å²) in [5.74, 6) is -1.69. The fraction of sp³-hybridized carbons (Fsp3) is 0.500. The Kier molecular flexibility index (Phi) is 5.83. The second kappa shape index (κ2) is 8.01. The van der Waals surface area contributed by atoms with Gasteiger partial charge in [-0.15, -0.1) is 0 Å². The molecule has 158 valence electrons. The topological polar surface area (TPSA) is 160 Å². The van der Waals surface area contributed by atoms with Crippen LogP contribution in [0.15, 0.2) is 12.1 Å². The first-order chi connectivity index (χ1) is 13.6. The zero-order valence-corrected chi connectivity index (χ0v) is 16.0. The number of carboxylic acid groups (broad SMARTS) is 1. The van der Waals surface area contributed by atoms with Gasteiger partial charge in [0.05, 0.1) is 24.9 Å². The Hall–Kier alpha value is -2.63. The summed E-state index contributed by atoms with van der Waals surface area (Å²) in [5.41, 5.74) is 5.92. The summed E-state index contributed by atoms with van der Waals surface area (Å²) >= 11 is 0. The van der Waals surface area contributed by atoms with Crippen LogP contribution in [0, 0.1) is 0 Å². The van der Waals surface area contributed by atoms with E-state index in [2.05, 4.69) is 0 Å². The highest BCUT2D eigenvalue weighted by Crippen LogP contribution is 2.38. The summed E-state index contributed by atoms with van der Waals surface area (Å²) in [4.78, 5) is 36.6. The molecule has 1 aromatic carbocycles. The molecule has 2 aliphatic heterocycles. The lowest BCUT2D eigenvalue weighted by atomic mass is 9.70. The quantitative estimate of drug-likeness (QED) is 0.438. The number of fused-ring (bicyclic) bond motifs is 1. The second-order valence-corrected chi connectivity index (χ2v) is 7.54. The van der Waals surface area contributed by atoms with Gasteiger partial charge in [0, 0.05) is 6.42 Å². The van der Waals surface area contributed by atoms with Crippen LogP contribution in [0.5, 0.6) is 11.5 Å². The first kappa shape index (κ1) is 21.1. The molecule has 1 atom stereocenters. The molecule has 11 heteroatoms. The number of carboxylic acids is 1. The Morgan fingerprint density at radius 1 is 1.34 bits per heavy atom. The number of ketones is 1. The summed E-state index contributed by atoms with van der Waals surface area (Å²) in [6, 6.07) is 2.48. The van der Waals surface area contributed by atoms with Gasteiger partial charge in [-0.05, 0) is 31.4 Å². The van der Waals surface area contributed by atoms with Crippen LogP contribution in [0.25, 0.3) is 0 Å². The van der Waals surface area contributed by atoms with Gasteiger partial charge >= 0.3 is 12.7 Å². The molecule has 3 rings (SSSR count). The molecule has 0 aromatic heterocycles. The predicted molar refractivity (Wildman–Crippen MR) is 102 cm³/mol. The van der Waals surface area contributed by atoms with Crippen LogP contribution in [0.4, 0.5) is 0 Å². The number of carbonyl (C=O) groups excluding carboxylic acids is 2. The molecule has 0 unspecified atom stereocenters. The number of benzene rings is 1. The van der Waals surface area contributed by atoms with Crippen LogP contribution < -0.4 is 15.1 Å². The molecule has 1 fully saturated rings. The van der Waals surface area contributed by atoms with Crippen LogP contribution in [-0.2, 0) is 16.0 Å². The van der Waals surface area contributed by atoms with Gasteiger partial charge in [0.2, 0.25) is 5.91 Å². The predicted octanol–water partition coefficient (Wildman–Crippen LogP) is -0.471. The van der Waals surface area contributed by atoms with E-state index in [1.54, 1.807) is 11.0 Å². The van der Waals surface area contributed by atoms with E-state index in [0.29, 0.717) is 5.56 Å². The summed E-state index contributed by atoms with van der Waals surface area (Å²) in [7, 11) is 0. The minimum absolute atomic E-state index is 0.0146. The second-order valence-electron chi connectivity index (χ2n) is 7.54. The van der Waals surface area contributed by atoms with Crippen molar-refractivity contribution in [1.82, 2.24) is 4.90 Å². The number of Topliss-reactive ketones (excluding diaryl/α,β-unsaturated/α-hetero) is 1. The minimum atomic E-state index is -3.11. The largest absolute Gasteiger partial charge is 0.669 e. The zero-order chi connectivity index (χ0) is 21.3. The Balaban J connectivity index is 1.63. The van der Waals surface area contributed by atoms with E-state index in [0.717, 1.165) is 0 Å². The van der Waals surface area contributed by atoms with Crippen molar-refractivity contribution < 1.29 is 38.9 Å². The maximum absolute atomic E-state index is 12.1. The number of nitrogens with zero attached hydrogens (tertiary/aromatic N) is 1. The lowest BCUT2D eigenvalue weighted by molar-refractivity contribution is -0.140. The molecule has 5 N–H and O–H groups in total. The summed E-state index contributed by atoms with van der Waals surface area (Å²) < 4.78 is 10.9. The third kappa shape index (κ3) is 4.69. The highest BCUT2D eigenvalue weighted by Gasteiger charge is 2.36. The minimum Gasteiger partial charge on any atom is -0.669 e. The van der Waals surface area contributed by atoms with E-state index in [-0.39, 0.29) is 67.4 Å². The van der Waals surface area contributed by atoms with Gasteiger partial charge < -0.3 is 35.2 Å². The standard InChI is InChI=1S/C18H24BN2O8/c1-10(22)13(20)3-5-15(23)21-8-12(9-21)28-14-4-2-11-6-7-19(26,27)29-17(11)16(14)18(24)25/h2,4,12-13,26-27H,3,5-9,20H2,1H3,(H,24,25)/q-1/t13-/m0/s1. The first-order valence-corrected chi connectivity index (χ1v) is 9.46. The number of amides is 1. The third-order valence-electron chi connectivity index (χ3n) is 5.20. The van der Waals surface area contributed by atoms with Crippen molar-refractivity contribution in [2.45, 2.75) is 44.7 Å². The van der Waals surface area contributed by atoms with Crippen LogP contribution >= 0.6 is 0 Å². The SMILES string of the molecule is CC(=O)[C@@H](N)CCC(=O)N1CC(Oc2ccc3c(c2C(=O)O)O[B-](O)(O)CC3)C1. The molecule has 0 aliphatic carbocycles. The van der Waals surface area contributed by atoms with Gasteiger partial charge in [0.15, 0.2) is 0 Å². The first-order valence-electron chi connectivity index (χ1n) is 9.46. The maximum Gasteiger partial charge on any atom is 0.430 e.